The highest BCUT2D eigenvalue weighted by Crippen LogP contribution is 2.19. The van der Waals surface area contributed by atoms with Gasteiger partial charge in [-0.05, 0) is 17.7 Å². The second-order valence-electron chi connectivity index (χ2n) is 4.34. The summed E-state index contributed by atoms with van der Waals surface area (Å²) in [4.78, 5) is 11.8. The van der Waals surface area contributed by atoms with Crippen LogP contribution in [0.25, 0.3) is 10.9 Å². The van der Waals surface area contributed by atoms with E-state index in [9.17, 15) is 4.79 Å². The molecule has 0 aliphatic heterocycles. The first kappa shape index (κ1) is 13.6. The molecule has 0 aliphatic rings. The molecule has 1 amide bonds. The average molecular weight is 261 g/mol. The summed E-state index contributed by atoms with van der Waals surface area (Å²) < 4.78 is 6.82. The van der Waals surface area contributed by atoms with Gasteiger partial charge in [0.15, 0.2) is 0 Å². The maximum Gasteiger partial charge on any atom is 0.240 e. The first-order chi connectivity index (χ1) is 9.26. The van der Waals surface area contributed by atoms with Crippen molar-refractivity contribution in [2.45, 2.75) is 13.1 Å². The Hall–Kier alpha value is -1.85. The zero-order chi connectivity index (χ0) is 13.7. The van der Waals surface area contributed by atoms with Crippen molar-refractivity contribution in [1.82, 2.24) is 9.88 Å². The first-order valence-corrected chi connectivity index (χ1v) is 6.28. The third kappa shape index (κ3) is 3.13. The summed E-state index contributed by atoms with van der Waals surface area (Å²) in [5.74, 6) is -0.0206. The molecule has 1 aromatic carbocycles. The third-order valence-corrected chi connectivity index (χ3v) is 3.07. The summed E-state index contributed by atoms with van der Waals surface area (Å²) >= 11 is 0. The lowest BCUT2D eigenvalue weighted by Gasteiger charge is -2.07. The number of benzene rings is 1. The quantitative estimate of drug-likeness (QED) is 0.758. The highest BCUT2D eigenvalue weighted by molar-refractivity contribution is 5.85. The predicted octanol–water partition coefficient (Wildman–Crippen LogP) is 0.863. The van der Waals surface area contributed by atoms with E-state index in [1.54, 1.807) is 7.11 Å². The summed E-state index contributed by atoms with van der Waals surface area (Å²) in [5, 5.41) is 3.91. The SMILES string of the molecule is COCCNC(=O)Cn1ccc2c(CN)cccc21. The molecule has 0 saturated carbocycles. The van der Waals surface area contributed by atoms with E-state index in [1.807, 2.05) is 35.0 Å². The zero-order valence-electron chi connectivity index (χ0n) is 11.1. The minimum absolute atomic E-state index is 0.0206. The van der Waals surface area contributed by atoms with E-state index in [-0.39, 0.29) is 5.91 Å². The Labute approximate surface area is 112 Å². The average Bonchev–Trinajstić information content (AvgIpc) is 2.82. The predicted molar refractivity (Wildman–Crippen MR) is 74.7 cm³/mol. The van der Waals surface area contributed by atoms with Gasteiger partial charge in [-0.1, -0.05) is 12.1 Å². The zero-order valence-corrected chi connectivity index (χ0v) is 11.1. The molecular weight excluding hydrogens is 242 g/mol. The van der Waals surface area contributed by atoms with Crippen molar-refractivity contribution in [2.75, 3.05) is 20.3 Å². The molecule has 0 atom stereocenters. The van der Waals surface area contributed by atoms with Crippen LogP contribution in [0, 0.1) is 0 Å². The first-order valence-electron chi connectivity index (χ1n) is 6.28. The van der Waals surface area contributed by atoms with Crippen LogP contribution >= 0.6 is 0 Å². The summed E-state index contributed by atoms with van der Waals surface area (Å²) in [7, 11) is 1.61. The van der Waals surface area contributed by atoms with Crippen LogP contribution in [0.2, 0.25) is 0 Å². The molecular formula is C14H19N3O2. The lowest BCUT2D eigenvalue weighted by atomic mass is 10.1. The van der Waals surface area contributed by atoms with E-state index in [0.717, 1.165) is 16.5 Å². The second kappa shape index (κ2) is 6.36. The van der Waals surface area contributed by atoms with Crippen LogP contribution in [0.4, 0.5) is 0 Å². The molecule has 3 N–H and O–H groups in total. The lowest BCUT2D eigenvalue weighted by molar-refractivity contribution is -0.121. The number of fused-ring (bicyclic) bond motifs is 1. The van der Waals surface area contributed by atoms with Crippen molar-refractivity contribution < 1.29 is 9.53 Å². The van der Waals surface area contributed by atoms with Crippen LogP contribution in [0.15, 0.2) is 30.5 Å². The Kier molecular flexibility index (Phi) is 4.54. The number of aromatic nitrogens is 1. The number of ether oxygens (including phenoxy) is 1. The fourth-order valence-corrected chi connectivity index (χ4v) is 2.11. The number of methoxy groups -OCH3 is 1. The molecule has 0 unspecified atom stereocenters. The molecule has 2 aromatic rings. The monoisotopic (exact) mass is 261 g/mol. The fourth-order valence-electron chi connectivity index (χ4n) is 2.11. The molecule has 0 fully saturated rings. The van der Waals surface area contributed by atoms with Crippen LogP contribution in [-0.4, -0.2) is 30.7 Å². The number of nitrogens with two attached hydrogens (primary N) is 1. The van der Waals surface area contributed by atoms with Crippen molar-refractivity contribution in [1.29, 1.82) is 0 Å². The van der Waals surface area contributed by atoms with Gasteiger partial charge in [0.05, 0.1) is 6.61 Å². The standard InChI is InChI=1S/C14H19N3O2/c1-19-8-6-16-14(18)10-17-7-5-12-11(9-15)3-2-4-13(12)17/h2-5,7H,6,8-10,15H2,1H3,(H,16,18). The normalized spacial score (nSPS) is 10.8. The van der Waals surface area contributed by atoms with Gasteiger partial charge in [0, 0.05) is 37.3 Å². The Morgan fingerprint density at radius 2 is 2.26 bits per heavy atom. The smallest absolute Gasteiger partial charge is 0.240 e. The molecule has 0 spiro atoms. The van der Waals surface area contributed by atoms with Gasteiger partial charge in [-0.25, -0.2) is 0 Å². The van der Waals surface area contributed by atoms with Crippen molar-refractivity contribution >= 4 is 16.8 Å². The summed E-state index contributed by atoms with van der Waals surface area (Å²) in [6.07, 6.45) is 1.92. The topological polar surface area (TPSA) is 69.3 Å². The number of carbonyl (C=O) groups excluding carboxylic acids is 1. The van der Waals surface area contributed by atoms with E-state index in [1.165, 1.54) is 0 Å². The van der Waals surface area contributed by atoms with E-state index in [0.29, 0.717) is 26.2 Å². The molecule has 5 heteroatoms. The molecule has 2 rings (SSSR count). The highest BCUT2D eigenvalue weighted by atomic mass is 16.5. The molecule has 1 heterocycles. The molecule has 0 saturated heterocycles. The van der Waals surface area contributed by atoms with Gasteiger partial charge < -0.3 is 20.4 Å². The Balaban J connectivity index is 2.11. The number of nitrogens with one attached hydrogen (secondary N) is 1. The van der Waals surface area contributed by atoms with E-state index in [2.05, 4.69) is 5.32 Å². The minimum atomic E-state index is -0.0206. The summed E-state index contributed by atoms with van der Waals surface area (Å²) in [6, 6.07) is 7.96. The fraction of sp³-hybridized carbons (Fsp3) is 0.357. The maximum atomic E-state index is 11.8. The van der Waals surface area contributed by atoms with Crippen molar-refractivity contribution in [3.63, 3.8) is 0 Å². The van der Waals surface area contributed by atoms with Gasteiger partial charge >= 0.3 is 0 Å². The molecule has 102 valence electrons. The number of carbonyl (C=O) groups is 1. The summed E-state index contributed by atoms with van der Waals surface area (Å²) in [5.41, 5.74) is 7.83. The van der Waals surface area contributed by atoms with Crippen LogP contribution in [0.5, 0.6) is 0 Å². The molecule has 0 aliphatic carbocycles. The molecule has 19 heavy (non-hydrogen) atoms. The molecule has 5 nitrogen and oxygen atoms in total. The van der Waals surface area contributed by atoms with Gasteiger partial charge in [0.2, 0.25) is 5.91 Å². The lowest BCUT2D eigenvalue weighted by Crippen LogP contribution is -2.30. The van der Waals surface area contributed by atoms with Gasteiger partial charge in [-0.15, -0.1) is 0 Å². The largest absolute Gasteiger partial charge is 0.383 e. The highest BCUT2D eigenvalue weighted by Gasteiger charge is 2.07. The van der Waals surface area contributed by atoms with Crippen molar-refractivity contribution in [3.8, 4) is 0 Å². The number of rotatable bonds is 6. The Morgan fingerprint density at radius 1 is 1.42 bits per heavy atom. The number of hydrogen-bond acceptors (Lipinski definition) is 3. The molecule has 1 aromatic heterocycles. The maximum absolute atomic E-state index is 11.8. The number of amides is 1. The van der Waals surface area contributed by atoms with Crippen LogP contribution in [0.3, 0.4) is 0 Å². The molecule has 0 bridgehead atoms. The third-order valence-electron chi connectivity index (χ3n) is 3.07. The van der Waals surface area contributed by atoms with E-state index >= 15 is 0 Å². The Morgan fingerprint density at radius 3 is 3.00 bits per heavy atom. The number of nitrogens with zero attached hydrogens (tertiary/aromatic N) is 1. The van der Waals surface area contributed by atoms with Crippen LogP contribution in [0.1, 0.15) is 5.56 Å². The molecule has 0 radical (unpaired) electrons. The van der Waals surface area contributed by atoms with Crippen molar-refractivity contribution in [2.24, 2.45) is 5.73 Å². The number of hydrogen-bond donors (Lipinski definition) is 2. The van der Waals surface area contributed by atoms with Gasteiger partial charge in [0.25, 0.3) is 0 Å². The van der Waals surface area contributed by atoms with Gasteiger partial charge in [-0.2, -0.15) is 0 Å². The van der Waals surface area contributed by atoms with Gasteiger partial charge in [0.1, 0.15) is 6.54 Å². The van der Waals surface area contributed by atoms with E-state index in [4.69, 9.17) is 10.5 Å². The summed E-state index contributed by atoms with van der Waals surface area (Å²) in [6.45, 7) is 1.86. The Bertz CT molecular complexity index is 563. The second-order valence-corrected chi connectivity index (χ2v) is 4.34. The van der Waals surface area contributed by atoms with Crippen LogP contribution < -0.4 is 11.1 Å². The van der Waals surface area contributed by atoms with Crippen molar-refractivity contribution in [3.05, 3.63) is 36.0 Å². The minimum Gasteiger partial charge on any atom is -0.383 e. The van der Waals surface area contributed by atoms with E-state index < -0.39 is 0 Å². The van der Waals surface area contributed by atoms with Gasteiger partial charge in [-0.3, -0.25) is 4.79 Å². The van der Waals surface area contributed by atoms with Crippen LogP contribution in [-0.2, 0) is 22.6 Å².